The lowest BCUT2D eigenvalue weighted by molar-refractivity contribution is 0.249. The van der Waals surface area contributed by atoms with Crippen LogP contribution < -0.4 is 4.74 Å². The summed E-state index contributed by atoms with van der Waals surface area (Å²) in [5.74, 6) is 0.627. The Balaban J connectivity index is 2.60. The van der Waals surface area contributed by atoms with Crippen LogP contribution in [0, 0.1) is 13.8 Å². The fourth-order valence-electron chi connectivity index (χ4n) is 2.34. The van der Waals surface area contributed by atoms with Gasteiger partial charge in [0.1, 0.15) is 0 Å². The number of hydrogen-bond acceptors (Lipinski definition) is 7. The zero-order chi connectivity index (χ0) is 17.0. The second-order valence-corrected chi connectivity index (χ2v) is 5.09. The summed E-state index contributed by atoms with van der Waals surface area (Å²) in [6.45, 7) is 2.23. The first-order valence-electron chi connectivity index (χ1n) is 7.13. The maximum Gasteiger partial charge on any atom is 0.154 e. The normalized spacial score (nSPS) is 10.9. The van der Waals surface area contributed by atoms with Gasteiger partial charge >= 0.3 is 0 Å². The van der Waals surface area contributed by atoms with E-state index in [-0.39, 0.29) is 26.4 Å². The number of aliphatic hydroxyl groups is 4. The lowest BCUT2D eigenvalue weighted by atomic mass is 10.1. The Morgan fingerprint density at radius 1 is 0.739 bits per heavy atom. The molecule has 0 bridgehead atoms. The number of pyridine rings is 2. The molecular formula is C16H20N2O5. The second kappa shape index (κ2) is 7.47. The van der Waals surface area contributed by atoms with Crippen LogP contribution in [0.2, 0.25) is 0 Å². The minimum atomic E-state index is -0.324. The van der Waals surface area contributed by atoms with Crippen molar-refractivity contribution in [1.82, 2.24) is 9.97 Å². The standard InChI is InChI=1S/C16H20N2O5/c1-9-15(13(7-21)11(5-19)3-17-9)23-16-10(2)18-4-12(6-20)14(16)8-22/h3-4,19-22H,5-8H2,1-2H3. The van der Waals surface area contributed by atoms with Gasteiger partial charge in [0.15, 0.2) is 11.5 Å². The predicted molar refractivity (Wildman–Crippen MR) is 81.7 cm³/mol. The average Bonchev–Trinajstić information content (AvgIpc) is 2.57. The largest absolute Gasteiger partial charge is 0.453 e. The highest BCUT2D eigenvalue weighted by Crippen LogP contribution is 2.35. The summed E-state index contributed by atoms with van der Waals surface area (Å²) >= 11 is 0. The van der Waals surface area contributed by atoms with Gasteiger partial charge < -0.3 is 25.2 Å². The number of aryl methyl sites for hydroxylation is 2. The molecule has 23 heavy (non-hydrogen) atoms. The van der Waals surface area contributed by atoms with Crippen LogP contribution in [-0.4, -0.2) is 30.4 Å². The molecule has 0 radical (unpaired) electrons. The van der Waals surface area contributed by atoms with Crippen molar-refractivity contribution in [3.05, 3.63) is 46.0 Å². The zero-order valence-corrected chi connectivity index (χ0v) is 13.1. The monoisotopic (exact) mass is 320 g/mol. The molecule has 4 N–H and O–H groups in total. The molecule has 2 aromatic heterocycles. The Morgan fingerprint density at radius 3 is 1.43 bits per heavy atom. The molecular weight excluding hydrogens is 300 g/mol. The number of hydrogen-bond donors (Lipinski definition) is 4. The van der Waals surface area contributed by atoms with E-state index in [1.54, 1.807) is 13.8 Å². The zero-order valence-electron chi connectivity index (χ0n) is 13.1. The molecule has 124 valence electrons. The summed E-state index contributed by atoms with van der Waals surface area (Å²) in [5.41, 5.74) is 2.84. The van der Waals surface area contributed by atoms with Crippen LogP contribution in [0.3, 0.4) is 0 Å². The van der Waals surface area contributed by atoms with E-state index in [0.717, 1.165) is 0 Å². The molecule has 7 nitrogen and oxygen atoms in total. The van der Waals surface area contributed by atoms with Crippen LogP contribution >= 0.6 is 0 Å². The summed E-state index contributed by atoms with van der Waals surface area (Å²) in [6, 6.07) is 0. The Bertz CT molecular complexity index is 644. The molecule has 2 aromatic rings. The second-order valence-electron chi connectivity index (χ2n) is 5.09. The third kappa shape index (κ3) is 3.32. The smallest absolute Gasteiger partial charge is 0.154 e. The summed E-state index contributed by atoms with van der Waals surface area (Å²) < 4.78 is 5.90. The first kappa shape index (κ1) is 17.3. The highest BCUT2D eigenvalue weighted by molar-refractivity contribution is 5.48. The molecule has 0 unspecified atom stereocenters. The van der Waals surface area contributed by atoms with Crippen LogP contribution in [0.5, 0.6) is 11.5 Å². The van der Waals surface area contributed by atoms with Crippen molar-refractivity contribution in [1.29, 1.82) is 0 Å². The van der Waals surface area contributed by atoms with Crippen molar-refractivity contribution in [3.8, 4) is 11.5 Å². The van der Waals surface area contributed by atoms with Crippen molar-refractivity contribution in [2.24, 2.45) is 0 Å². The topological polar surface area (TPSA) is 116 Å². The van der Waals surface area contributed by atoms with Crippen LogP contribution in [-0.2, 0) is 26.4 Å². The van der Waals surface area contributed by atoms with Crippen molar-refractivity contribution >= 4 is 0 Å². The summed E-state index contributed by atoms with van der Waals surface area (Å²) in [6.07, 6.45) is 2.96. The van der Waals surface area contributed by atoms with Gasteiger partial charge in [-0.2, -0.15) is 0 Å². The fraction of sp³-hybridized carbons (Fsp3) is 0.375. The highest BCUT2D eigenvalue weighted by atomic mass is 16.5. The highest BCUT2D eigenvalue weighted by Gasteiger charge is 2.19. The van der Waals surface area contributed by atoms with Crippen molar-refractivity contribution in [2.75, 3.05) is 0 Å². The molecule has 0 amide bonds. The van der Waals surface area contributed by atoms with E-state index < -0.39 is 0 Å². The van der Waals surface area contributed by atoms with Gasteiger partial charge in [-0.3, -0.25) is 9.97 Å². The predicted octanol–water partition coefficient (Wildman–Crippen LogP) is 0.855. The average molecular weight is 320 g/mol. The summed E-state index contributed by atoms with van der Waals surface area (Å²) in [5, 5.41) is 38.0. The molecule has 2 heterocycles. The number of ether oxygens (including phenoxy) is 1. The molecule has 0 aliphatic heterocycles. The first-order valence-corrected chi connectivity index (χ1v) is 7.13. The Hall–Kier alpha value is -2.06. The van der Waals surface area contributed by atoms with Crippen LogP contribution in [0.4, 0.5) is 0 Å². The number of nitrogens with zero attached hydrogens (tertiary/aromatic N) is 2. The SMILES string of the molecule is Cc1ncc(CO)c(CO)c1Oc1c(C)ncc(CO)c1CO. The minimum absolute atomic E-state index is 0.277. The fourth-order valence-corrected chi connectivity index (χ4v) is 2.34. The van der Waals surface area contributed by atoms with E-state index in [1.165, 1.54) is 12.4 Å². The lowest BCUT2D eigenvalue weighted by Gasteiger charge is -2.19. The van der Waals surface area contributed by atoms with E-state index in [9.17, 15) is 20.4 Å². The maximum atomic E-state index is 9.61. The van der Waals surface area contributed by atoms with Gasteiger partial charge in [-0.15, -0.1) is 0 Å². The van der Waals surface area contributed by atoms with E-state index in [2.05, 4.69) is 9.97 Å². The Morgan fingerprint density at radius 2 is 1.13 bits per heavy atom. The summed E-state index contributed by atoms with van der Waals surface area (Å²) in [7, 11) is 0. The molecule has 7 heteroatoms. The minimum Gasteiger partial charge on any atom is -0.453 e. The lowest BCUT2D eigenvalue weighted by Crippen LogP contribution is -2.07. The van der Waals surface area contributed by atoms with E-state index >= 15 is 0 Å². The number of aliphatic hydroxyl groups excluding tert-OH is 4. The van der Waals surface area contributed by atoms with E-state index in [4.69, 9.17) is 4.74 Å². The van der Waals surface area contributed by atoms with Gasteiger partial charge in [0, 0.05) is 34.6 Å². The third-order valence-corrected chi connectivity index (χ3v) is 3.67. The number of aromatic nitrogens is 2. The van der Waals surface area contributed by atoms with Gasteiger partial charge in [-0.1, -0.05) is 0 Å². The van der Waals surface area contributed by atoms with Crippen LogP contribution in [0.25, 0.3) is 0 Å². The molecule has 0 saturated heterocycles. The number of rotatable bonds is 6. The molecule has 0 aliphatic rings. The van der Waals surface area contributed by atoms with E-state index in [0.29, 0.717) is 45.1 Å². The molecule has 0 saturated carbocycles. The third-order valence-electron chi connectivity index (χ3n) is 3.67. The van der Waals surface area contributed by atoms with Gasteiger partial charge in [-0.05, 0) is 13.8 Å². The maximum absolute atomic E-state index is 9.61. The van der Waals surface area contributed by atoms with Crippen LogP contribution in [0.15, 0.2) is 12.4 Å². The molecule has 0 fully saturated rings. The van der Waals surface area contributed by atoms with Crippen molar-refractivity contribution in [2.45, 2.75) is 40.3 Å². The van der Waals surface area contributed by atoms with Gasteiger partial charge in [0.2, 0.25) is 0 Å². The molecule has 0 aliphatic carbocycles. The Kier molecular flexibility index (Phi) is 5.62. The van der Waals surface area contributed by atoms with Gasteiger partial charge in [0.25, 0.3) is 0 Å². The van der Waals surface area contributed by atoms with Gasteiger partial charge in [0.05, 0.1) is 37.8 Å². The van der Waals surface area contributed by atoms with Gasteiger partial charge in [-0.25, -0.2) is 0 Å². The van der Waals surface area contributed by atoms with Crippen molar-refractivity contribution < 1.29 is 25.2 Å². The van der Waals surface area contributed by atoms with Crippen LogP contribution in [0.1, 0.15) is 33.6 Å². The van der Waals surface area contributed by atoms with E-state index in [1.807, 2.05) is 0 Å². The molecule has 0 aromatic carbocycles. The molecule has 0 atom stereocenters. The van der Waals surface area contributed by atoms with Crippen molar-refractivity contribution in [3.63, 3.8) is 0 Å². The summed E-state index contributed by atoms with van der Waals surface area (Å²) in [4.78, 5) is 8.31. The molecule has 0 spiro atoms. The quantitative estimate of drug-likeness (QED) is 0.623. The molecule has 2 rings (SSSR count). The Labute approximate surface area is 133 Å². The first-order chi connectivity index (χ1) is 11.1.